The molecular weight excluding hydrogens is 220 g/mol. The molecule has 2 rings (SSSR count). The Labute approximate surface area is 99.1 Å². The lowest BCUT2D eigenvalue weighted by Crippen LogP contribution is -1.97. The molecule has 2 N–H and O–H groups in total. The molecule has 0 bridgehead atoms. The molecule has 0 aliphatic rings. The summed E-state index contributed by atoms with van der Waals surface area (Å²) < 4.78 is 15.9. The number of nitrogen functional groups attached to an aromatic ring is 1. The van der Waals surface area contributed by atoms with Crippen LogP contribution in [0.2, 0.25) is 0 Å². The summed E-state index contributed by atoms with van der Waals surface area (Å²) in [4.78, 5) is 0. The third kappa shape index (κ3) is 2.04. The van der Waals surface area contributed by atoms with Gasteiger partial charge in [0.15, 0.2) is 17.3 Å². The summed E-state index contributed by atoms with van der Waals surface area (Å²) in [7, 11) is 1.58. The van der Waals surface area contributed by atoms with Crippen LogP contribution in [0.15, 0.2) is 28.9 Å². The lowest BCUT2D eigenvalue weighted by atomic mass is 10.1. The van der Waals surface area contributed by atoms with Crippen LogP contribution in [0.25, 0.3) is 11.3 Å². The van der Waals surface area contributed by atoms with E-state index in [0.717, 1.165) is 5.56 Å². The first-order chi connectivity index (χ1) is 8.27. The molecule has 5 heteroatoms. The van der Waals surface area contributed by atoms with Crippen LogP contribution in [0.1, 0.15) is 6.92 Å². The minimum Gasteiger partial charge on any atom is -0.492 e. The molecule has 0 aliphatic carbocycles. The second-order valence-corrected chi connectivity index (χ2v) is 3.38. The first-order valence-electron chi connectivity index (χ1n) is 5.28. The maximum absolute atomic E-state index is 5.77. The maximum Gasteiger partial charge on any atom is 0.193 e. The molecule has 0 unspecified atom stereocenters. The summed E-state index contributed by atoms with van der Waals surface area (Å²) in [6, 6.07) is 5.53. The van der Waals surface area contributed by atoms with E-state index >= 15 is 0 Å². The molecule has 0 radical (unpaired) electrons. The van der Waals surface area contributed by atoms with Gasteiger partial charge in [-0.15, -0.1) is 0 Å². The Balaban J connectivity index is 2.54. The lowest BCUT2D eigenvalue weighted by molar-refractivity contribution is 0.311. The largest absolute Gasteiger partial charge is 0.492 e. The van der Waals surface area contributed by atoms with E-state index in [1.54, 1.807) is 7.11 Å². The van der Waals surface area contributed by atoms with Gasteiger partial charge in [0.25, 0.3) is 0 Å². The van der Waals surface area contributed by atoms with Crippen molar-refractivity contribution >= 4 is 5.69 Å². The van der Waals surface area contributed by atoms with Crippen molar-refractivity contribution in [1.82, 2.24) is 5.16 Å². The van der Waals surface area contributed by atoms with Crippen LogP contribution in [0.3, 0.4) is 0 Å². The van der Waals surface area contributed by atoms with E-state index < -0.39 is 0 Å². The van der Waals surface area contributed by atoms with Crippen molar-refractivity contribution in [3.63, 3.8) is 0 Å². The van der Waals surface area contributed by atoms with Crippen molar-refractivity contribution < 1.29 is 14.0 Å². The Hall–Kier alpha value is -2.17. The van der Waals surface area contributed by atoms with Gasteiger partial charge in [-0.05, 0) is 19.1 Å². The molecule has 1 heterocycles. The maximum atomic E-state index is 5.77. The lowest BCUT2D eigenvalue weighted by Gasteiger charge is -2.12. The van der Waals surface area contributed by atoms with Crippen molar-refractivity contribution in [1.29, 1.82) is 0 Å². The highest BCUT2D eigenvalue weighted by Gasteiger charge is 2.17. The van der Waals surface area contributed by atoms with E-state index in [1.165, 1.54) is 6.20 Å². The van der Waals surface area contributed by atoms with Crippen molar-refractivity contribution in [2.75, 3.05) is 19.5 Å². The molecule has 2 aromatic rings. The fourth-order valence-electron chi connectivity index (χ4n) is 1.63. The van der Waals surface area contributed by atoms with Crippen molar-refractivity contribution in [3.8, 4) is 22.8 Å². The number of ether oxygens (including phenoxy) is 2. The minimum atomic E-state index is 0.469. The summed E-state index contributed by atoms with van der Waals surface area (Å²) in [6.07, 6.45) is 1.46. The number of nitrogens with zero attached hydrogens (tertiary/aromatic N) is 1. The van der Waals surface area contributed by atoms with Gasteiger partial charge >= 0.3 is 0 Å². The monoisotopic (exact) mass is 234 g/mol. The van der Waals surface area contributed by atoms with Crippen LogP contribution < -0.4 is 15.2 Å². The number of nitrogens with two attached hydrogens (primary N) is 1. The van der Waals surface area contributed by atoms with E-state index in [0.29, 0.717) is 29.6 Å². The van der Waals surface area contributed by atoms with Crippen LogP contribution in [-0.2, 0) is 0 Å². The molecule has 1 aromatic carbocycles. The molecule has 0 saturated carbocycles. The Morgan fingerprint density at radius 2 is 2.24 bits per heavy atom. The van der Waals surface area contributed by atoms with E-state index in [-0.39, 0.29) is 0 Å². The van der Waals surface area contributed by atoms with Gasteiger partial charge in [-0.2, -0.15) is 0 Å². The highest BCUT2D eigenvalue weighted by molar-refractivity contribution is 5.77. The topological polar surface area (TPSA) is 70.5 Å². The fraction of sp³-hybridized carbons (Fsp3) is 0.250. The summed E-state index contributed by atoms with van der Waals surface area (Å²) in [6.45, 7) is 2.47. The van der Waals surface area contributed by atoms with Crippen molar-refractivity contribution in [2.45, 2.75) is 6.92 Å². The number of benzene rings is 1. The molecule has 90 valence electrons. The SMILES string of the molecule is CCOc1cccc(-c2oncc2N)c1OC. The molecule has 1 aromatic heterocycles. The van der Waals surface area contributed by atoms with Gasteiger partial charge in [0.2, 0.25) is 0 Å². The number of methoxy groups -OCH3 is 1. The van der Waals surface area contributed by atoms with Gasteiger partial charge in [-0.25, -0.2) is 0 Å². The minimum absolute atomic E-state index is 0.469. The summed E-state index contributed by atoms with van der Waals surface area (Å²) in [5, 5.41) is 3.65. The number of hydrogen-bond acceptors (Lipinski definition) is 5. The Morgan fingerprint density at radius 3 is 2.82 bits per heavy atom. The summed E-state index contributed by atoms with van der Waals surface area (Å²) in [5.74, 6) is 1.74. The molecular formula is C12H14N2O3. The summed E-state index contributed by atoms with van der Waals surface area (Å²) >= 11 is 0. The average Bonchev–Trinajstić information content (AvgIpc) is 2.75. The number of hydrogen-bond donors (Lipinski definition) is 1. The normalized spacial score (nSPS) is 10.2. The van der Waals surface area contributed by atoms with Gasteiger partial charge in [-0.1, -0.05) is 11.2 Å². The van der Waals surface area contributed by atoms with E-state index in [4.69, 9.17) is 19.7 Å². The van der Waals surface area contributed by atoms with Crippen molar-refractivity contribution in [2.24, 2.45) is 0 Å². The Morgan fingerprint density at radius 1 is 1.41 bits per heavy atom. The van der Waals surface area contributed by atoms with Gasteiger partial charge < -0.3 is 19.7 Å². The smallest absolute Gasteiger partial charge is 0.193 e. The third-order valence-corrected chi connectivity index (χ3v) is 2.33. The third-order valence-electron chi connectivity index (χ3n) is 2.33. The quantitative estimate of drug-likeness (QED) is 0.879. The van der Waals surface area contributed by atoms with Gasteiger partial charge in [-0.3, -0.25) is 0 Å². The van der Waals surface area contributed by atoms with Crippen LogP contribution in [0, 0.1) is 0 Å². The highest BCUT2D eigenvalue weighted by atomic mass is 16.5. The molecule has 0 saturated heterocycles. The van der Waals surface area contributed by atoms with Gasteiger partial charge in [0.1, 0.15) is 5.69 Å². The van der Waals surface area contributed by atoms with Crippen LogP contribution >= 0.6 is 0 Å². The molecule has 0 atom stereocenters. The van der Waals surface area contributed by atoms with Gasteiger partial charge in [0, 0.05) is 0 Å². The fourth-order valence-corrected chi connectivity index (χ4v) is 1.63. The van der Waals surface area contributed by atoms with Crippen molar-refractivity contribution in [3.05, 3.63) is 24.4 Å². The number of anilines is 1. The number of para-hydroxylation sites is 1. The van der Waals surface area contributed by atoms with Crippen LogP contribution in [0.5, 0.6) is 11.5 Å². The summed E-state index contributed by atoms with van der Waals surface area (Å²) in [5.41, 5.74) is 6.97. The predicted octanol–water partition coefficient (Wildman–Crippen LogP) is 2.33. The molecule has 17 heavy (non-hydrogen) atoms. The zero-order chi connectivity index (χ0) is 12.3. The average molecular weight is 234 g/mol. The standard InChI is InChI=1S/C12H14N2O3/c1-3-16-10-6-4-5-8(12(10)15-2)11-9(13)7-14-17-11/h4-7H,3,13H2,1-2H3. The zero-order valence-corrected chi connectivity index (χ0v) is 9.77. The van der Waals surface area contributed by atoms with E-state index in [2.05, 4.69) is 5.16 Å². The predicted molar refractivity (Wildman–Crippen MR) is 64.1 cm³/mol. The molecule has 0 spiro atoms. The van der Waals surface area contributed by atoms with Gasteiger partial charge in [0.05, 0.1) is 25.5 Å². The first kappa shape index (κ1) is 11.3. The van der Waals surface area contributed by atoms with E-state index in [9.17, 15) is 0 Å². The number of rotatable bonds is 4. The van der Waals surface area contributed by atoms with Crippen LogP contribution in [0.4, 0.5) is 5.69 Å². The van der Waals surface area contributed by atoms with Crippen LogP contribution in [-0.4, -0.2) is 18.9 Å². The molecule has 0 aliphatic heterocycles. The second kappa shape index (κ2) is 4.78. The molecule has 5 nitrogen and oxygen atoms in total. The Kier molecular flexibility index (Phi) is 3.18. The molecule has 0 fully saturated rings. The first-order valence-corrected chi connectivity index (χ1v) is 5.28. The Bertz CT molecular complexity index is 508. The zero-order valence-electron chi connectivity index (χ0n) is 9.77. The second-order valence-electron chi connectivity index (χ2n) is 3.38. The van der Waals surface area contributed by atoms with E-state index in [1.807, 2.05) is 25.1 Å². The molecule has 0 amide bonds. The highest BCUT2D eigenvalue weighted by Crippen LogP contribution is 2.39. The number of aromatic nitrogens is 1.